The first kappa shape index (κ1) is 12.3. The molecule has 1 unspecified atom stereocenters. The second-order valence-electron chi connectivity index (χ2n) is 4.88. The van der Waals surface area contributed by atoms with E-state index in [0.29, 0.717) is 22.4 Å². The number of hydrogen-bond acceptors (Lipinski definition) is 5. The Labute approximate surface area is 126 Å². The summed E-state index contributed by atoms with van der Waals surface area (Å²) in [5.41, 5.74) is 3.02. The lowest BCUT2D eigenvalue weighted by molar-refractivity contribution is 0.364. The van der Waals surface area contributed by atoms with Gasteiger partial charge in [0.1, 0.15) is 11.7 Å². The van der Waals surface area contributed by atoms with Gasteiger partial charge in [-0.15, -0.1) is 0 Å². The lowest BCUT2D eigenvalue weighted by Crippen LogP contribution is -2.05. The molecule has 1 N–H and O–H groups in total. The minimum atomic E-state index is 0.0101. The Morgan fingerprint density at radius 2 is 2.10 bits per heavy atom. The summed E-state index contributed by atoms with van der Waals surface area (Å²) in [6.07, 6.45) is 2.41. The largest absolute Gasteiger partial charge is 0.373 e. The molecule has 0 saturated heterocycles. The van der Waals surface area contributed by atoms with Gasteiger partial charge >= 0.3 is 0 Å². The highest BCUT2D eigenvalue weighted by Gasteiger charge is 2.26. The van der Waals surface area contributed by atoms with E-state index >= 15 is 0 Å². The first-order chi connectivity index (χ1) is 10.3. The highest BCUT2D eigenvalue weighted by molar-refractivity contribution is 6.30. The van der Waals surface area contributed by atoms with Crippen LogP contribution in [0.15, 0.2) is 47.1 Å². The number of rotatable bonds is 2. The summed E-state index contributed by atoms with van der Waals surface area (Å²) in [5, 5.41) is 7.96. The van der Waals surface area contributed by atoms with Crippen molar-refractivity contribution in [1.29, 1.82) is 0 Å². The van der Waals surface area contributed by atoms with Crippen molar-refractivity contribution in [2.45, 2.75) is 12.5 Å². The number of benzene rings is 1. The summed E-state index contributed by atoms with van der Waals surface area (Å²) < 4.78 is 5.37. The second-order valence-corrected chi connectivity index (χ2v) is 5.31. The fourth-order valence-corrected chi connectivity index (χ4v) is 2.55. The molecular weight excluding hydrogens is 288 g/mol. The van der Waals surface area contributed by atoms with E-state index in [9.17, 15) is 0 Å². The fraction of sp³-hybridized carbons (Fsp3) is 0.133. The molecule has 104 valence electrons. The second kappa shape index (κ2) is 4.86. The molecule has 1 aromatic carbocycles. The van der Waals surface area contributed by atoms with Crippen LogP contribution in [0.1, 0.15) is 17.5 Å². The van der Waals surface area contributed by atoms with Crippen LogP contribution >= 0.6 is 11.6 Å². The minimum absolute atomic E-state index is 0.0101. The molecule has 5 nitrogen and oxygen atoms in total. The van der Waals surface area contributed by atoms with E-state index in [1.807, 2.05) is 18.2 Å². The number of nitrogens with zero attached hydrogens (tertiary/aromatic N) is 3. The molecule has 0 radical (unpaired) electrons. The first-order valence-electron chi connectivity index (χ1n) is 6.59. The molecule has 0 amide bonds. The van der Waals surface area contributed by atoms with E-state index in [1.54, 1.807) is 18.3 Å². The number of hydrogen-bond donors (Lipinski definition) is 1. The topological polar surface area (TPSA) is 63.8 Å². The van der Waals surface area contributed by atoms with Gasteiger partial charge in [-0.05, 0) is 23.8 Å². The predicted octanol–water partition coefficient (Wildman–Crippen LogP) is 3.49. The van der Waals surface area contributed by atoms with Crippen LogP contribution in [-0.4, -0.2) is 15.1 Å². The Balaban J connectivity index is 1.60. The molecule has 0 saturated carbocycles. The Morgan fingerprint density at radius 1 is 1.19 bits per heavy atom. The molecular formula is C15H11ClN4O. The van der Waals surface area contributed by atoms with E-state index in [0.717, 1.165) is 12.1 Å². The van der Waals surface area contributed by atoms with Gasteiger partial charge in [0, 0.05) is 18.3 Å². The van der Waals surface area contributed by atoms with Crippen molar-refractivity contribution in [3.63, 3.8) is 0 Å². The van der Waals surface area contributed by atoms with Gasteiger partial charge in [-0.3, -0.25) is 4.98 Å². The number of nitrogens with one attached hydrogen (secondary N) is 1. The van der Waals surface area contributed by atoms with Gasteiger partial charge in [0.2, 0.25) is 11.7 Å². The van der Waals surface area contributed by atoms with Crippen molar-refractivity contribution in [2.24, 2.45) is 0 Å². The zero-order valence-electron chi connectivity index (χ0n) is 11.0. The summed E-state index contributed by atoms with van der Waals surface area (Å²) in [7, 11) is 0. The molecule has 1 aliphatic rings. The van der Waals surface area contributed by atoms with Crippen LogP contribution in [0.3, 0.4) is 0 Å². The maximum atomic E-state index is 5.82. The average Bonchev–Trinajstić information content (AvgIpc) is 3.14. The van der Waals surface area contributed by atoms with Crippen LogP contribution < -0.4 is 5.32 Å². The van der Waals surface area contributed by atoms with Crippen molar-refractivity contribution in [3.8, 4) is 11.5 Å². The zero-order valence-corrected chi connectivity index (χ0v) is 11.7. The number of para-hydroxylation sites is 1. The maximum absolute atomic E-state index is 5.82. The van der Waals surface area contributed by atoms with Crippen LogP contribution in [0.2, 0.25) is 5.02 Å². The van der Waals surface area contributed by atoms with Crippen LogP contribution in [-0.2, 0) is 6.42 Å². The standard InChI is InChI=1S/C15H11ClN4O/c16-10-5-6-12(17-8-10)14-19-15(21-20-14)13-7-9-3-1-2-4-11(9)18-13/h1-6,8,13,18H,7H2. The third-order valence-corrected chi connectivity index (χ3v) is 3.69. The van der Waals surface area contributed by atoms with Gasteiger partial charge in [-0.2, -0.15) is 4.98 Å². The van der Waals surface area contributed by atoms with Crippen molar-refractivity contribution in [2.75, 3.05) is 5.32 Å². The molecule has 4 rings (SSSR count). The van der Waals surface area contributed by atoms with Crippen molar-refractivity contribution in [3.05, 3.63) is 59.1 Å². The molecule has 0 aliphatic carbocycles. The van der Waals surface area contributed by atoms with Crippen LogP contribution in [0.4, 0.5) is 5.69 Å². The molecule has 1 aliphatic heterocycles. The molecule has 3 heterocycles. The van der Waals surface area contributed by atoms with Gasteiger partial charge in [-0.25, -0.2) is 0 Å². The monoisotopic (exact) mass is 298 g/mol. The average molecular weight is 299 g/mol. The van der Waals surface area contributed by atoms with E-state index in [-0.39, 0.29) is 6.04 Å². The fourth-order valence-electron chi connectivity index (χ4n) is 2.44. The van der Waals surface area contributed by atoms with Crippen molar-refractivity contribution in [1.82, 2.24) is 15.1 Å². The number of aromatic nitrogens is 3. The van der Waals surface area contributed by atoms with Gasteiger partial charge in [-0.1, -0.05) is 35.0 Å². The summed E-state index contributed by atoms with van der Waals surface area (Å²) >= 11 is 5.82. The quantitative estimate of drug-likeness (QED) is 0.784. The van der Waals surface area contributed by atoms with Crippen molar-refractivity contribution < 1.29 is 4.52 Å². The zero-order chi connectivity index (χ0) is 14.2. The Kier molecular flexibility index (Phi) is 2.86. The number of fused-ring (bicyclic) bond motifs is 1. The summed E-state index contributed by atoms with van der Waals surface area (Å²) in [6, 6.07) is 11.7. The third-order valence-electron chi connectivity index (χ3n) is 3.47. The molecule has 3 aromatic rings. The third kappa shape index (κ3) is 2.25. The molecule has 1 atom stereocenters. The smallest absolute Gasteiger partial charge is 0.249 e. The van der Waals surface area contributed by atoms with E-state index in [4.69, 9.17) is 16.1 Å². The molecule has 2 aromatic heterocycles. The van der Waals surface area contributed by atoms with Crippen LogP contribution in [0.25, 0.3) is 11.5 Å². The lowest BCUT2D eigenvalue weighted by Gasteiger charge is -2.04. The molecule has 0 bridgehead atoms. The number of pyridine rings is 1. The Morgan fingerprint density at radius 3 is 2.90 bits per heavy atom. The van der Waals surface area contributed by atoms with Gasteiger partial charge in [0.05, 0.1) is 5.02 Å². The summed E-state index contributed by atoms with van der Waals surface area (Å²) in [5.74, 6) is 1.04. The number of anilines is 1. The normalized spacial score (nSPS) is 16.5. The molecule has 0 fully saturated rings. The minimum Gasteiger partial charge on any atom is -0.373 e. The van der Waals surface area contributed by atoms with Crippen LogP contribution in [0, 0.1) is 0 Å². The highest BCUT2D eigenvalue weighted by atomic mass is 35.5. The number of halogens is 1. The molecule has 6 heteroatoms. The highest BCUT2D eigenvalue weighted by Crippen LogP contribution is 2.33. The first-order valence-corrected chi connectivity index (χ1v) is 6.97. The van der Waals surface area contributed by atoms with E-state index in [2.05, 4.69) is 26.5 Å². The van der Waals surface area contributed by atoms with Gasteiger partial charge in [0.25, 0.3) is 0 Å². The van der Waals surface area contributed by atoms with E-state index in [1.165, 1.54) is 5.56 Å². The Hall–Kier alpha value is -2.40. The summed E-state index contributed by atoms with van der Waals surface area (Å²) in [6.45, 7) is 0. The molecule has 21 heavy (non-hydrogen) atoms. The summed E-state index contributed by atoms with van der Waals surface area (Å²) in [4.78, 5) is 8.62. The van der Waals surface area contributed by atoms with Crippen LogP contribution in [0.5, 0.6) is 0 Å². The lowest BCUT2D eigenvalue weighted by atomic mass is 10.1. The maximum Gasteiger partial charge on any atom is 0.249 e. The van der Waals surface area contributed by atoms with Crippen molar-refractivity contribution >= 4 is 17.3 Å². The van der Waals surface area contributed by atoms with Gasteiger partial charge in [0.15, 0.2) is 0 Å². The SMILES string of the molecule is Clc1ccc(-c2noc(C3Cc4ccccc4N3)n2)nc1. The Bertz CT molecular complexity index is 759. The van der Waals surface area contributed by atoms with Gasteiger partial charge < -0.3 is 9.84 Å². The predicted molar refractivity (Wildman–Crippen MR) is 79.0 cm³/mol. The van der Waals surface area contributed by atoms with E-state index < -0.39 is 0 Å². The molecule has 0 spiro atoms.